The number of aromatic amines is 1. The number of piperidine rings is 1. The Morgan fingerprint density at radius 2 is 2.00 bits per heavy atom. The van der Waals surface area contributed by atoms with E-state index >= 15 is 0 Å². The molecule has 4 rings (SSSR count). The van der Waals surface area contributed by atoms with Crippen LogP contribution in [0.5, 0.6) is 0 Å². The molecule has 8 heteroatoms. The second kappa shape index (κ2) is 5.70. The molecule has 8 nitrogen and oxygen atoms in total. The molecule has 0 radical (unpaired) electrons. The van der Waals surface area contributed by atoms with E-state index in [1.54, 1.807) is 14.0 Å². The van der Waals surface area contributed by atoms with E-state index in [-0.39, 0.29) is 11.9 Å². The topological polar surface area (TPSA) is 97.0 Å². The minimum Gasteiger partial charge on any atom is -0.337 e. The normalized spacial score (nSPS) is 24.2. The van der Waals surface area contributed by atoms with Crippen molar-refractivity contribution >= 4 is 0 Å². The lowest BCUT2D eigenvalue weighted by molar-refractivity contribution is 0.0975. The molecule has 2 aliphatic heterocycles. The van der Waals surface area contributed by atoms with E-state index in [9.17, 15) is 9.59 Å². The average Bonchev–Trinajstić information content (AvgIpc) is 3.21. The van der Waals surface area contributed by atoms with Crippen molar-refractivity contribution in [1.82, 2.24) is 24.6 Å². The summed E-state index contributed by atoms with van der Waals surface area (Å²) in [5, 5.41) is 4.02. The summed E-state index contributed by atoms with van der Waals surface area (Å²) in [5.41, 5.74) is -0.109. The summed E-state index contributed by atoms with van der Waals surface area (Å²) in [6.45, 7) is 2.77. The summed E-state index contributed by atoms with van der Waals surface area (Å²) in [5.74, 6) is 0.824. The molecule has 2 aromatic rings. The van der Waals surface area contributed by atoms with Gasteiger partial charge in [-0.3, -0.25) is 14.7 Å². The molecule has 2 aromatic heterocycles. The molecule has 2 aliphatic rings. The highest BCUT2D eigenvalue weighted by molar-refractivity contribution is 5.55. The quantitative estimate of drug-likeness (QED) is 0.886. The van der Waals surface area contributed by atoms with E-state index in [0.717, 1.165) is 19.4 Å². The standard InChI is InChI=1S/C16H21N5O3/c1-9-12(14(22)18-16(23)20(9)2)13-17-15(24-19-13)11-7-3-5-10-6-4-8-21(10)11/h10-11H,3-8H2,1-2H3,(H,18,22,23). The van der Waals surface area contributed by atoms with Crippen molar-refractivity contribution in [2.75, 3.05) is 6.54 Å². The summed E-state index contributed by atoms with van der Waals surface area (Å²) < 4.78 is 6.88. The molecular formula is C16H21N5O3. The van der Waals surface area contributed by atoms with Crippen molar-refractivity contribution in [3.05, 3.63) is 32.4 Å². The van der Waals surface area contributed by atoms with Gasteiger partial charge in [-0.15, -0.1) is 0 Å². The van der Waals surface area contributed by atoms with Gasteiger partial charge in [0.15, 0.2) is 0 Å². The molecule has 0 saturated carbocycles. The molecule has 0 aliphatic carbocycles. The molecule has 2 fully saturated rings. The van der Waals surface area contributed by atoms with Crippen molar-refractivity contribution in [3.8, 4) is 11.4 Å². The zero-order chi connectivity index (χ0) is 16.8. The molecule has 0 aromatic carbocycles. The van der Waals surface area contributed by atoms with Crippen molar-refractivity contribution in [3.63, 3.8) is 0 Å². The van der Waals surface area contributed by atoms with Gasteiger partial charge in [0.1, 0.15) is 5.56 Å². The van der Waals surface area contributed by atoms with Crippen LogP contribution < -0.4 is 11.2 Å². The predicted octanol–water partition coefficient (Wildman–Crippen LogP) is 1.12. The molecule has 2 atom stereocenters. The van der Waals surface area contributed by atoms with Gasteiger partial charge in [0.2, 0.25) is 11.7 Å². The Labute approximate surface area is 138 Å². The van der Waals surface area contributed by atoms with Gasteiger partial charge < -0.3 is 9.09 Å². The minimum atomic E-state index is -0.481. The number of aromatic nitrogens is 4. The minimum absolute atomic E-state index is 0.138. The van der Waals surface area contributed by atoms with Crippen LogP contribution in [0.25, 0.3) is 11.4 Å². The second-order valence-corrected chi connectivity index (χ2v) is 6.72. The van der Waals surface area contributed by atoms with E-state index in [1.807, 2.05) is 0 Å². The van der Waals surface area contributed by atoms with Crippen molar-refractivity contribution in [2.45, 2.75) is 51.1 Å². The van der Waals surface area contributed by atoms with E-state index in [4.69, 9.17) is 4.52 Å². The largest absolute Gasteiger partial charge is 0.337 e. The summed E-state index contributed by atoms with van der Waals surface area (Å²) in [4.78, 5) is 33.1. The van der Waals surface area contributed by atoms with Gasteiger partial charge in [-0.1, -0.05) is 5.16 Å². The second-order valence-electron chi connectivity index (χ2n) is 6.72. The van der Waals surface area contributed by atoms with Gasteiger partial charge in [-0.2, -0.15) is 4.98 Å². The number of rotatable bonds is 2. The fourth-order valence-electron chi connectivity index (χ4n) is 4.02. The van der Waals surface area contributed by atoms with Crippen LogP contribution in [-0.2, 0) is 7.05 Å². The zero-order valence-corrected chi connectivity index (χ0v) is 13.9. The fourth-order valence-corrected chi connectivity index (χ4v) is 4.02. The monoisotopic (exact) mass is 331 g/mol. The van der Waals surface area contributed by atoms with Crippen LogP contribution in [-0.4, -0.2) is 37.2 Å². The molecule has 2 unspecified atom stereocenters. The third kappa shape index (κ3) is 2.32. The van der Waals surface area contributed by atoms with E-state index in [2.05, 4.69) is 20.0 Å². The SMILES string of the molecule is Cc1c(-c2noc(C3CCCC4CCCN43)n2)c(=O)[nH]c(=O)n1C. The highest BCUT2D eigenvalue weighted by atomic mass is 16.5. The van der Waals surface area contributed by atoms with Crippen LogP contribution in [0.2, 0.25) is 0 Å². The number of fused-ring (bicyclic) bond motifs is 1. The molecule has 24 heavy (non-hydrogen) atoms. The van der Waals surface area contributed by atoms with E-state index < -0.39 is 11.2 Å². The Hall–Kier alpha value is -2.22. The van der Waals surface area contributed by atoms with Crippen molar-refractivity contribution in [2.24, 2.45) is 7.05 Å². The first-order chi connectivity index (χ1) is 11.6. The van der Waals surface area contributed by atoms with Gasteiger partial charge in [0.05, 0.1) is 6.04 Å². The first kappa shape index (κ1) is 15.3. The van der Waals surface area contributed by atoms with Crippen molar-refractivity contribution in [1.29, 1.82) is 0 Å². The summed E-state index contributed by atoms with van der Waals surface area (Å²) >= 11 is 0. The Bertz CT molecular complexity index is 881. The van der Waals surface area contributed by atoms with Crippen LogP contribution in [0.4, 0.5) is 0 Å². The molecule has 128 valence electrons. The van der Waals surface area contributed by atoms with Crippen LogP contribution in [0.1, 0.15) is 49.7 Å². The maximum absolute atomic E-state index is 12.2. The molecule has 0 spiro atoms. The number of H-pyrrole nitrogens is 1. The van der Waals surface area contributed by atoms with Crippen LogP contribution in [0.3, 0.4) is 0 Å². The Morgan fingerprint density at radius 3 is 2.83 bits per heavy atom. The average molecular weight is 331 g/mol. The molecular weight excluding hydrogens is 310 g/mol. The Kier molecular flexibility index (Phi) is 3.64. The van der Waals surface area contributed by atoms with Gasteiger partial charge in [-0.05, 0) is 45.6 Å². The summed E-state index contributed by atoms with van der Waals surface area (Å²) in [6, 6.07) is 0.751. The fraction of sp³-hybridized carbons (Fsp3) is 0.625. The predicted molar refractivity (Wildman–Crippen MR) is 86.7 cm³/mol. The van der Waals surface area contributed by atoms with Crippen molar-refractivity contribution < 1.29 is 4.52 Å². The molecule has 2 saturated heterocycles. The highest BCUT2D eigenvalue weighted by Gasteiger charge is 2.37. The van der Waals surface area contributed by atoms with Gasteiger partial charge in [0.25, 0.3) is 5.56 Å². The summed E-state index contributed by atoms with van der Waals surface area (Å²) in [6.07, 6.45) is 5.83. The third-order valence-corrected chi connectivity index (χ3v) is 5.41. The molecule has 0 amide bonds. The van der Waals surface area contributed by atoms with Crippen LogP contribution >= 0.6 is 0 Å². The Morgan fingerprint density at radius 1 is 1.21 bits per heavy atom. The lowest BCUT2D eigenvalue weighted by Gasteiger charge is -2.35. The van der Waals surface area contributed by atoms with Crippen LogP contribution in [0, 0.1) is 6.92 Å². The zero-order valence-electron chi connectivity index (χ0n) is 13.9. The summed E-state index contributed by atoms with van der Waals surface area (Å²) in [7, 11) is 1.61. The number of hydrogen-bond donors (Lipinski definition) is 1. The lowest BCUT2D eigenvalue weighted by atomic mass is 9.96. The van der Waals surface area contributed by atoms with Gasteiger partial charge in [-0.25, -0.2) is 4.79 Å². The van der Waals surface area contributed by atoms with E-state index in [0.29, 0.717) is 23.2 Å². The maximum Gasteiger partial charge on any atom is 0.328 e. The maximum atomic E-state index is 12.2. The number of nitrogens with one attached hydrogen (secondary N) is 1. The first-order valence-corrected chi connectivity index (χ1v) is 8.46. The van der Waals surface area contributed by atoms with E-state index in [1.165, 1.54) is 23.8 Å². The Balaban J connectivity index is 1.72. The smallest absolute Gasteiger partial charge is 0.328 e. The molecule has 1 N–H and O–H groups in total. The molecule has 4 heterocycles. The lowest BCUT2D eigenvalue weighted by Crippen LogP contribution is -2.37. The van der Waals surface area contributed by atoms with Gasteiger partial charge in [0, 0.05) is 18.8 Å². The molecule has 0 bridgehead atoms. The third-order valence-electron chi connectivity index (χ3n) is 5.41. The van der Waals surface area contributed by atoms with Crippen LogP contribution in [0.15, 0.2) is 14.1 Å². The number of hydrogen-bond acceptors (Lipinski definition) is 6. The highest BCUT2D eigenvalue weighted by Crippen LogP contribution is 2.39. The number of nitrogens with zero attached hydrogens (tertiary/aromatic N) is 4. The van der Waals surface area contributed by atoms with Gasteiger partial charge >= 0.3 is 5.69 Å². The first-order valence-electron chi connectivity index (χ1n) is 8.46.